The van der Waals surface area contributed by atoms with Crippen LogP contribution >= 0.6 is 0 Å². The van der Waals surface area contributed by atoms with Gasteiger partial charge in [0.15, 0.2) is 6.04 Å². The average molecular weight is 400 g/mol. The normalized spacial score (nSPS) is 19.4. The molecule has 29 heavy (non-hydrogen) atoms. The van der Waals surface area contributed by atoms with Gasteiger partial charge in [0.05, 0.1) is 31.3 Å². The molecule has 2 N–H and O–H groups in total. The molecule has 8 nitrogen and oxygen atoms in total. The van der Waals surface area contributed by atoms with Crippen molar-refractivity contribution in [2.45, 2.75) is 31.8 Å². The van der Waals surface area contributed by atoms with Crippen LogP contribution in [0.25, 0.3) is 0 Å². The highest BCUT2D eigenvalue weighted by Gasteiger charge is 2.39. The van der Waals surface area contributed by atoms with Crippen molar-refractivity contribution in [3.63, 3.8) is 0 Å². The molecule has 0 aromatic heterocycles. The van der Waals surface area contributed by atoms with Crippen molar-refractivity contribution in [1.82, 2.24) is 0 Å². The molecule has 1 saturated heterocycles. The second-order valence-electron chi connectivity index (χ2n) is 7.11. The molecule has 2 aromatic rings. The standard InChI is InChI=1S/C21H25N3O5/c1-14(21(25)22-17-7-4-5-8-19(17)24(26)27)23-12-6-9-18(23)16-13-15(28-2)10-11-20(16)29-3/h4-5,7-8,10-11,13-14,18H,6,9,12H2,1-3H3,(H,22,25)/p+1/t14-,18+/m0/s1. The van der Waals surface area contributed by atoms with Gasteiger partial charge in [-0.15, -0.1) is 0 Å². The van der Waals surface area contributed by atoms with E-state index in [1.54, 1.807) is 32.4 Å². The number of amides is 1. The minimum Gasteiger partial charge on any atom is -0.497 e. The Hall–Kier alpha value is -3.13. The third kappa shape index (κ3) is 4.32. The Labute approximate surface area is 169 Å². The summed E-state index contributed by atoms with van der Waals surface area (Å²) in [5, 5.41) is 14.0. The van der Waals surface area contributed by atoms with E-state index in [0.717, 1.165) is 41.3 Å². The number of benzene rings is 2. The fraction of sp³-hybridized carbons (Fsp3) is 0.381. The maximum atomic E-state index is 12.9. The zero-order valence-electron chi connectivity index (χ0n) is 16.8. The van der Waals surface area contributed by atoms with Gasteiger partial charge in [0.2, 0.25) is 0 Å². The predicted octanol–water partition coefficient (Wildman–Crippen LogP) is 2.36. The average Bonchev–Trinajstić information content (AvgIpc) is 3.22. The summed E-state index contributed by atoms with van der Waals surface area (Å²) in [6.45, 7) is 2.68. The lowest BCUT2D eigenvalue weighted by Crippen LogP contribution is -3.15. The lowest BCUT2D eigenvalue weighted by molar-refractivity contribution is -0.932. The summed E-state index contributed by atoms with van der Waals surface area (Å²) in [6.07, 6.45) is 1.89. The van der Waals surface area contributed by atoms with Gasteiger partial charge < -0.3 is 19.7 Å². The Kier molecular flexibility index (Phi) is 6.33. The van der Waals surface area contributed by atoms with E-state index in [4.69, 9.17) is 9.47 Å². The van der Waals surface area contributed by atoms with Crippen LogP contribution < -0.4 is 19.7 Å². The zero-order valence-corrected chi connectivity index (χ0v) is 16.8. The topological polar surface area (TPSA) is 95.1 Å². The molecular weight excluding hydrogens is 374 g/mol. The van der Waals surface area contributed by atoms with Crippen LogP contribution in [0.5, 0.6) is 11.5 Å². The highest BCUT2D eigenvalue weighted by atomic mass is 16.6. The maximum absolute atomic E-state index is 12.9. The van der Waals surface area contributed by atoms with E-state index < -0.39 is 11.0 Å². The molecule has 1 amide bonds. The van der Waals surface area contributed by atoms with Gasteiger partial charge >= 0.3 is 0 Å². The van der Waals surface area contributed by atoms with Gasteiger partial charge in [0.1, 0.15) is 23.2 Å². The summed E-state index contributed by atoms with van der Waals surface area (Å²) in [6, 6.07) is 11.5. The van der Waals surface area contributed by atoms with Crippen LogP contribution in [0.3, 0.4) is 0 Å². The predicted molar refractivity (Wildman–Crippen MR) is 109 cm³/mol. The van der Waals surface area contributed by atoms with Gasteiger partial charge in [0.25, 0.3) is 11.6 Å². The number of likely N-dealkylation sites (tertiary alicyclic amines) is 1. The first-order valence-electron chi connectivity index (χ1n) is 9.58. The summed E-state index contributed by atoms with van der Waals surface area (Å²) in [4.78, 5) is 24.7. The number of hydrogen-bond acceptors (Lipinski definition) is 5. The maximum Gasteiger partial charge on any atom is 0.292 e. The van der Waals surface area contributed by atoms with Gasteiger partial charge in [-0.05, 0) is 31.2 Å². The summed E-state index contributed by atoms with van der Waals surface area (Å²) < 4.78 is 10.9. The van der Waals surface area contributed by atoms with Crippen molar-refractivity contribution in [3.8, 4) is 11.5 Å². The van der Waals surface area contributed by atoms with Crippen LogP contribution in [-0.2, 0) is 4.79 Å². The first kappa shape index (κ1) is 20.6. The number of nitrogens with one attached hydrogen (secondary N) is 2. The molecule has 0 radical (unpaired) electrons. The second kappa shape index (κ2) is 8.91. The molecule has 0 spiro atoms. The zero-order chi connectivity index (χ0) is 21.0. The molecule has 1 fully saturated rings. The van der Waals surface area contributed by atoms with Gasteiger partial charge in [0, 0.05) is 18.9 Å². The fourth-order valence-electron chi connectivity index (χ4n) is 4.00. The van der Waals surface area contributed by atoms with E-state index in [9.17, 15) is 14.9 Å². The Morgan fingerprint density at radius 2 is 2.00 bits per heavy atom. The molecule has 154 valence electrons. The second-order valence-corrected chi connectivity index (χ2v) is 7.11. The lowest BCUT2D eigenvalue weighted by Gasteiger charge is -2.28. The number of carbonyl (C=O) groups excluding carboxylic acids is 1. The molecule has 1 aliphatic heterocycles. The summed E-state index contributed by atoms with van der Waals surface area (Å²) in [5.74, 6) is 1.26. The van der Waals surface area contributed by atoms with Gasteiger partial charge in [-0.3, -0.25) is 14.9 Å². The Morgan fingerprint density at radius 3 is 2.69 bits per heavy atom. The van der Waals surface area contributed by atoms with E-state index >= 15 is 0 Å². The molecule has 3 atom stereocenters. The fourth-order valence-corrected chi connectivity index (χ4v) is 4.00. The van der Waals surface area contributed by atoms with Gasteiger partial charge in [-0.25, -0.2) is 0 Å². The quantitative estimate of drug-likeness (QED) is 0.550. The monoisotopic (exact) mass is 400 g/mol. The van der Waals surface area contributed by atoms with Crippen LogP contribution in [-0.4, -0.2) is 37.6 Å². The number of carbonyl (C=O) groups is 1. The highest BCUT2D eigenvalue weighted by molar-refractivity contribution is 5.95. The van der Waals surface area contributed by atoms with E-state index in [1.807, 2.05) is 25.1 Å². The van der Waals surface area contributed by atoms with Crippen LogP contribution in [0.2, 0.25) is 0 Å². The summed E-state index contributed by atoms with van der Waals surface area (Å²) in [5.41, 5.74) is 1.10. The number of nitrogens with zero attached hydrogens (tertiary/aromatic N) is 1. The number of para-hydroxylation sites is 2. The molecule has 0 aliphatic carbocycles. The molecule has 1 unspecified atom stereocenters. The number of nitro groups is 1. The van der Waals surface area contributed by atoms with E-state index in [0.29, 0.717) is 0 Å². The molecule has 0 saturated carbocycles. The minimum absolute atomic E-state index is 0.0755. The molecule has 0 bridgehead atoms. The van der Waals surface area contributed by atoms with Crippen LogP contribution in [0.4, 0.5) is 11.4 Å². The lowest BCUT2D eigenvalue weighted by atomic mass is 10.0. The molecule has 2 aromatic carbocycles. The van der Waals surface area contributed by atoms with Gasteiger partial charge in [-0.2, -0.15) is 0 Å². The minimum atomic E-state index is -0.493. The Morgan fingerprint density at radius 1 is 1.24 bits per heavy atom. The smallest absolute Gasteiger partial charge is 0.292 e. The molecule has 1 aliphatic rings. The van der Waals surface area contributed by atoms with E-state index in [-0.39, 0.29) is 23.3 Å². The first-order chi connectivity index (χ1) is 14.0. The van der Waals surface area contributed by atoms with Gasteiger partial charge in [-0.1, -0.05) is 12.1 Å². The molecule has 1 heterocycles. The van der Waals surface area contributed by atoms with Crippen molar-refractivity contribution in [2.75, 3.05) is 26.1 Å². The number of quaternary nitrogens is 1. The number of rotatable bonds is 7. The van der Waals surface area contributed by atoms with Crippen molar-refractivity contribution < 1.29 is 24.1 Å². The Balaban J connectivity index is 1.83. The van der Waals surface area contributed by atoms with Crippen molar-refractivity contribution in [3.05, 3.63) is 58.1 Å². The number of ether oxygens (including phenoxy) is 2. The number of anilines is 1. The van der Waals surface area contributed by atoms with Crippen molar-refractivity contribution >= 4 is 17.3 Å². The Bertz CT molecular complexity index is 902. The summed E-state index contributed by atoms with van der Waals surface area (Å²) >= 11 is 0. The number of methoxy groups -OCH3 is 2. The third-order valence-corrected chi connectivity index (χ3v) is 5.53. The first-order valence-corrected chi connectivity index (χ1v) is 9.58. The van der Waals surface area contributed by atoms with E-state index in [2.05, 4.69) is 5.32 Å². The van der Waals surface area contributed by atoms with Crippen LogP contribution in [0, 0.1) is 10.1 Å². The largest absolute Gasteiger partial charge is 0.497 e. The van der Waals surface area contributed by atoms with Crippen molar-refractivity contribution in [2.24, 2.45) is 0 Å². The molecule has 3 rings (SSSR count). The van der Waals surface area contributed by atoms with Crippen molar-refractivity contribution in [1.29, 1.82) is 0 Å². The summed E-state index contributed by atoms with van der Waals surface area (Å²) in [7, 11) is 3.25. The number of hydrogen-bond donors (Lipinski definition) is 2. The molecular formula is C21H26N3O5+. The van der Waals surface area contributed by atoms with Crippen LogP contribution in [0.1, 0.15) is 31.4 Å². The van der Waals surface area contributed by atoms with Crippen LogP contribution in [0.15, 0.2) is 42.5 Å². The SMILES string of the molecule is COc1ccc(OC)c([C@H]2CCC[NH+]2[C@@H](C)C(=O)Nc2ccccc2[N+](=O)[O-])c1. The highest BCUT2D eigenvalue weighted by Crippen LogP contribution is 2.32. The van der Waals surface area contributed by atoms with E-state index in [1.165, 1.54) is 6.07 Å². The third-order valence-electron chi connectivity index (χ3n) is 5.53. The number of nitro benzene ring substituents is 1. The molecule has 8 heteroatoms.